The fourth-order valence-corrected chi connectivity index (χ4v) is 2.08. The predicted octanol–water partition coefficient (Wildman–Crippen LogP) is 0.981. The van der Waals surface area contributed by atoms with E-state index in [2.05, 4.69) is 4.98 Å². The van der Waals surface area contributed by atoms with E-state index in [9.17, 15) is 0 Å². The maximum absolute atomic E-state index is 5.76. The Hall–Kier alpha value is -1.03. The zero-order valence-corrected chi connectivity index (χ0v) is 7.48. The second-order valence-corrected chi connectivity index (χ2v) is 3.82. The van der Waals surface area contributed by atoms with Crippen molar-refractivity contribution in [3.05, 3.63) is 17.7 Å². The Balaban J connectivity index is 2.88. The van der Waals surface area contributed by atoms with Gasteiger partial charge in [0.2, 0.25) is 0 Å². The molecule has 2 aromatic rings. The third-order valence-electron chi connectivity index (χ3n) is 1.69. The number of aromatic nitrogens is 1. The van der Waals surface area contributed by atoms with Crippen LogP contribution in [-0.4, -0.2) is 12.8 Å². The molecule has 2 N–H and O–H groups in total. The second kappa shape index (κ2) is 2.49. The number of rotatable bonds is 0. The van der Waals surface area contributed by atoms with Crippen molar-refractivity contribution >= 4 is 40.0 Å². The van der Waals surface area contributed by atoms with Crippen LogP contribution in [-0.2, 0) is 0 Å². The van der Waals surface area contributed by atoms with Gasteiger partial charge in [0.05, 0.1) is 10.2 Å². The Morgan fingerprint density at radius 1 is 1.50 bits per heavy atom. The molecule has 0 aliphatic carbocycles. The number of nitrogens with zero attached hydrogens (tertiary/aromatic N) is 1. The number of hydrogen-bond donors (Lipinski definition) is 1. The second-order valence-electron chi connectivity index (χ2n) is 2.75. The van der Waals surface area contributed by atoms with E-state index in [0.29, 0.717) is 10.6 Å². The van der Waals surface area contributed by atoms with Crippen LogP contribution < -0.4 is 11.2 Å². The van der Waals surface area contributed by atoms with Gasteiger partial charge in [-0.25, -0.2) is 4.98 Å². The molecule has 0 amide bonds. The van der Waals surface area contributed by atoms with Crippen LogP contribution in [0.15, 0.2) is 12.1 Å². The van der Waals surface area contributed by atoms with Crippen molar-refractivity contribution in [1.82, 2.24) is 4.98 Å². The molecule has 0 aliphatic heterocycles. The summed E-state index contributed by atoms with van der Waals surface area (Å²) in [5.41, 5.74) is 8.23. The first-order valence-corrected chi connectivity index (χ1v) is 4.40. The van der Waals surface area contributed by atoms with Crippen molar-refractivity contribution in [2.24, 2.45) is 0 Å². The topological polar surface area (TPSA) is 38.9 Å². The van der Waals surface area contributed by atoms with Crippen LogP contribution in [0.4, 0.5) is 5.13 Å². The molecule has 58 valence electrons. The van der Waals surface area contributed by atoms with E-state index in [1.54, 1.807) is 0 Å². The molecule has 0 fully saturated rings. The van der Waals surface area contributed by atoms with Gasteiger partial charge < -0.3 is 5.73 Å². The van der Waals surface area contributed by atoms with E-state index in [4.69, 9.17) is 13.6 Å². The van der Waals surface area contributed by atoms with Crippen molar-refractivity contribution in [1.29, 1.82) is 0 Å². The fourth-order valence-electron chi connectivity index (χ4n) is 1.22. The van der Waals surface area contributed by atoms with Crippen molar-refractivity contribution in [2.75, 3.05) is 5.73 Å². The molecule has 0 unspecified atom stereocenters. The average Bonchev–Trinajstić information content (AvgIpc) is 2.29. The lowest BCUT2D eigenvalue weighted by molar-refractivity contribution is 1.48. The largest absolute Gasteiger partial charge is 0.375 e. The summed E-state index contributed by atoms with van der Waals surface area (Å²) in [5, 5.41) is 0.572. The number of aryl methyl sites for hydroxylation is 1. The van der Waals surface area contributed by atoms with Crippen LogP contribution in [0.25, 0.3) is 10.2 Å². The predicted molar refractivity (Wildman–Crippen MR) is 54.2 cm³/mol. The van der Waals surface area contributed by atoms with Gasteiger partial charge in [-0.15, -0.1) is 0 Å². The van der Waals surface area contributed by atoms with Gasteiger partial charge >= 0.3 is 0 Å². The number of nitrogens with two attached hydrogens (primary N) is 1. The smallest absolute Gasteiger partial charge is 0.181 e. The van der Waals surface area contributed by atoms with Crippen molar-refractivity contribution < 1.29 is 0 Å². The third kappa shape index (κ3) is 1.08. The van der Waals surface area contributed by atoms with E-state index in [1.807, 2.05) is 19.1 Å². The van der Waals surface area contributed by atoms with Gasteiger partial charge in [0, 0.05) is 0 Å². The van der Waals surface area contributed by atoms with E-state index >= 15 is 0 Å². The van der Waals surface area contributed by atoms with Gasteiger partial charge in [0.25, 0.3) is 0 Å². The first-order valence-electron chi connectivity index (χ1n) is 3.59. The molecule has 4 heteroatoms. The van der Waals surface area contributed by atoms with Crippen molar-refractivity contribution in [3.8, 4) is 0 Å². The zero-order chi connectivity index (χ0) is 8.72. The molecular formula is C8H7BN2S. The molecule has 0 aliphatic rings. The lowest BCUT2D eigenvalue weighted by atomic mass is 9.93. The normalized spacial score (nSPS) is 10.8. The highest BCUT2D eigenvalue weighted by Gasteiger charge is 2.03. The van der Waals surface area contributed by atoms with E-state index in [1.165, 1.54) is 11.3 Å². The van der Waals surface area contributed by atoms with Crippen LogP contribution in [0, 0.1) is 6.92 Å². The van der Waals surface area contributed by atoms with Gasteiger partial charge in [0.1, 0.15) is 7.85 Å². The summed E-state index contributed by atoms with van der Waals surface area (Å²) in [7, 11) is 5.76. The van der Waals surface area contributed by atoms with Crippen LogP contribution in [0.5, 0.6) is 0 Å². The lowest BCUT2D eigenvalue weighted by Crippen LogP contribution is -2.04. The summed E-state index contributed by atoms with van der Waals surface area (Å²) < 4.78 is 1.06. The fraction of sp³-hybridized carbons (Fsp3) is 0.125. The number of hydrogen-bond acceptors (Lipinski definition) is 3. The Morgan fingerprint density at radius 3 is 3.00 bits per heavy atom. The molecule has 12 heavy (non-hydrogen) atoms. The van der Waals surface area contributed by atoms with E-state index in [0.717, 1.165) is 15.8 Å². The summed E-state index contributed by atoms with van der Waals surface area (Å²) >= 11 is 1.47. The lowest BCUT2D eigenvalue weighted by Gasteiger charge is -1.96. The van der Waals surface area contributed by atoms with E-state index < -0.39 is 0 Å². The molecule has 0 bridgehead atoms. The molecule has 0 atom stereocenters. The number of nitrogen functional groups attached to an aromatic ring is 1. The first kappa shape index (κ1) is 7.62. The van der Waals surface area contributed by atoms with Gasteiger partial charge in [-0.1, -0.05) is 28.4 Å². The summed E-state index contributed by atoms with van der Waals surface area (Å²) in [6.45, 7) is 2.01. The third-order valence-corrected chi connectivity index (χ3v) is 2.52. The van der Waals surface area contributed by atoms with Gasteiger partial charge in [-0.3, -0.25) is 0 Å². The summed E-state index contributed by atoms with van der Waals surface area (Å²) in [6, 6.07) is 3.95. The number of thiazole rings is 1. The van der Waals surface area contributed by atoms with Crippen molar-refractivity contribution in [2.45, 2.75) is 6.92 Å². The molecular weight excluding hydrogens is 167 g/mol. The van der Waals surface area contributed by atoms with Gasteiger partial charge in [-0.2, -0.15) is 0 Å². The Morgan fingerprint density at radius 2 is 2.25 bits per heavy atom. The molecule has 0 spiro atoms. The quantitative estimate of drug-likeness (QED) is 0.604. The molecule has 1 aromatic heterocycles. The molecule has 2 radical (unpaired) electrons. The highest BCUT2D eigenvalue weighted by atomic mass is 32.1. The highest BCUT2D eigenvalue weighted by molar-refractivity contribution is 7.22. The molecule has 2 nitrogen and oxygen atoms in total. The number of anilines is 1. The van der Waals surface area contributed by atoms with Crippen molar-refractivity contribution in [3.63, 3.8) is 0 Å². The molecule has 1 aromatic carbocycles. The summed E-state index contributed by atoms with van der Waals surface area (Å²) in [4.78, 5) is 4.13. The average molecular weight is 174 g/mol. The minimum Gasteiger partial charge on any atom is -0.375 e. The van der Waals surface area contributed by atoms with Gasteiger partial charge in [-0.05, 0) is 13.0 Å². The minimum atomic E-state index is 0.572. The number of fused-ring (bicyclic) bond motifs is 1. The van der Waals surface area contributed by atoms with Crippen LogP contribution in [0.3, 0.4) is 0 Å². The Kier molecular flexibility index (Phi) is 1.58. The van der Waals surface area contributed by atoms with Crippen LogP contribution in [0.1, 0.15) is 5.56 Å². The van der Waals surface area contributed by atoms with E-state index in [-0.39, 0.29) is 0 Å². The Labute approximate surface area is 75.8 Å². The first-order chi connectivity index (χ1) is 5.66. The number of benzene rings is 1. The molecule has 1 heterocycles. The SMILES string of the molecule is [B]c1cc(C)cc2sc(N)nc12. The van der Waals surface area contributed by atoms with Crippen LogP contribution >= 0.6 is 11.3 Å². The molecule has 2 rings (SSSR count). The standard InChI is InChI=1S/C8H7BN2S/c1-4-2-5(9)7-6(3-4)12-8(10)11-7/h2-3H,1H3,(H2,10,11). The summed E-state index contributed by atoms with van der Waals surface area (Å²) in [5.74, 6) is 0. The van der Waals surface area contributed by atoms with Crippen LogP contribution in [0.2, 0.25) is 0 Å². The highest BCUT2D eigenvalue weighted by Crippen LogP contribution is 2.22. The molecule has 0 saturated carbocycles. The zero-order valence-electron chi connectivity index (χ0n) is 6.66. The molecule has 0 saturated heterocycles. The maximum Gasteiger partial charge on any atom is 0.181 e. The minimum absolute atomic E-state index is 0.572. The summed E-state index contributed by atoms with van der Waals surface area (Å²) in [6.07, 6.45) is 0. The maximum atomic E-state index is 5.76. The van der Waals surface area contributed by atoms with Gasteiger partial charge in [0.15, 0.2) is 5.13 Å². The monoisotopic (exact) mass is 174 g/mol. The Bertz CT molecular complexity index is 436.